The van der Waals surface area contributed by atoms with Gasteiger partial charge in [-0.2, -0.15) is 0 Å². The van der Waals surface area contributed by atoms with Gasteiger partial charge >= 0.3 is 6.03 Å². The molecule has 4 heteroatoms. The predicted molar refractivity (Wildman–Crippen MR) is 101 cm³/mol. The lowest BCUT2D eigenvalue weighted by Gasteiger charge is -2.38. The summed E-state index contributed by atoms with van der Waals surface area (Å²) in [6.45, 7) is 3.43. The maximum absolute atomic E-state index is 12.4. The molecule has 2 bridgehead atoms. The zero-order chi connectivity index (χ0) is 17.3. The van der Waals surface area contributed by atoms with E-state index in [9.17, 15) is 4.79 Å². The van der Waals surface area contributed by atoms with Gasteiger partial charge in [0.05, 0.1) is 0 Å². The van der Waals surface area contributed by atoms with Gasteiger partial charge in [0.15, 0.2) is 0 Å². The molecule has 136 valence electrons. The summed E-state index contributed by atoms with van der Waals surface area (Å²) >= 11 is 0. The van der Waals surface area contributed by atoms with Crippen molar-refractivity contribution in [1.29, 1.82) is 0 Å². The quantitative estimate of drug-likeness (QED) is 0.790. The molecule has 3 unspecified atom stereocenters. The number of nitrogens with one attached hydrogen (secondary N) is 3. The molecule has 25 heavy (non-hydrogen) atoms. The monoisotopic (exact) mass is 341 g/mol. The summed E-state index contributed by atoms with van der Waals surface area (Å²) in [5, 5.41) is 10.1. The van der Waals surface area contributed by atoms with Crippen LogP contribution in [0, 0.1) is 5.92 Å². The van der Waals surface area contributed by atoms with Crippen LogP contribution in [0.4, 0.5) is 4.79 Å². The van der Waals surface area contributed by atoms with E-state index in [1.807, 2.05) is 0 Å². The van der Waals surface area contributed by atoms with Crippen molar-refractivity contribution >= 4 is 6.03 Å². The van der Waals surface area contributed by atoms with Gasteiger partial charge in [-0.1, -0.05) is 37.3 Å². The molecule has 3 N–H and O–H groups in total. The Bertz CT molecular complexity index is 594. The first-order chi connectivity index (χ1) is 12.1. The molecule has 1 aliphatic heterocycles. The van der Waals surface area contributed by atoms with Gasteiger partial charge in [-0.05, 0) is 61.8 Å². The molecule has 4 nitrogen and oxygen atoms in total. The van der Waals surface area contributed by atoms with E-state index in [0.29, 0.717) is 24.0 Å². The summed E-state index contributed by atoms with van der Waals surface area (Å²) in [7, 11) is 0. The first-order valence-electron chi connectivity index (χ1n) is 9.98. The molecular weight excluding hydrogens is 310 g/mol. The lowest BCUT2D eigenvalue weighted by molar-refractivity contribution is 0.210. The predicted octanol–water partition coefficient (Wildman–Crippen LogP) is 3.33. The molecule has 0 aromatic heterocycles. The Kier molecular flexibility index (Phi) is 4.72. The molecule has 3 atom stereocenters. The smallest absolute Gasteiger partial charge is 0.315 e. The maximum Gasteiger partial charge on any atom is 0.315 e. The Morgan fingerprint density at radius 2 is 1.84 bits per heavy atom. The van der Waals surface area contributed by atoms with E-state index in [2.05, 4.69) is 53.2 Å². The fourth-order valence-corrected chi connectivity index (χ4v) is 5.11. The fourth-order valence-electron chi connectivity index (χ4n) is 5.11. The number of hydrogen-bond donors (Lipinski definition) is 3. The van der Waals surface area contributed by atoms with E-state index in [-0.39, 0.29) is 11.4 Å². The van der Waals surface area contributed by atoms with Crippen LogP contribution in [0.1, 0.15) is 57.4 Å². The number of benzene rings is 1. The van der Waals surface area contributed by atoms with Crippen molar-refractivity contribution < 1.29 is 4.79 Å². The molecular formula is C21H31N3O. The van der Waals surface area contributed by atoms with Gasteiger partial charge in [0, 0.05) is 24.7 Å². The second-order valence-corrected chi connectivity index (χ2v) is 8.60. The molecule has 1 aromatic rings. The Hall–Kier alpha value is -1.55. The molecule has 4 rings (SSSR count). The van der Waals surface area contributed by atoms with Crippen LogP contribution in [0.2, 0.25) is 0 Å². The summed E-state index contributed by atoms with van der Waals surface area (Å²) in [5.41, 5.74) is 1.69. The third-order valence-corrected chi connectivity index (χ3v) is 6.86. The number of carbonyl (C=O) groups excluding carboxylic acids is 1. The molecule has 3 aliphatic rings. The van der Waals surface area contributed by atoms with Crippen molar-refractivity contribution in [2.24, 2.45) is 5.92 Å². The van der Waals surface area contributed by atoms with Crippen LogP contribution in [0.5, 0.6) is 0 Å². The molecule has 1 saturated heterocycles. The minimum Gasteiger partial charge on any atom is -0.335 e. The molecule has 1 aromatic carbocycles. The van der Waals surface area contributed by atoms with Crippen molar-refractivity contribution in [1.82, 2.24) is 16.0 Å². The van der Waals surface area contributed by atoms with E-state index in [1.165, 1.54) is 18.4 Å². The number of rotatable bonds is 3. The van der Waals surface area contributed by atoms with Crippen LogP contribution >= 0.6 is 0 Å². The molecule has 2 aliphatic carbocycles. The van der Waals surface area contributed by atoms with Gasteiger partial charge in [0.25, 0.3) is 0 Å². The van der Waals surface area contributed by atoms with Crippen LogP contribution in [0.25, 0.3) is 0 Å². The topological polar surface area (TPSA) is 53.2 Å². The van der Waals surface area contributed by atoms with Crippen LogP contribution in [0.15, 0.2) is 30.3 Å². The van der Waals surface area contributed by atoms with Gasteiger partial charge in [-0.25, -0.2) is 4.79 Å². The fraction of sp³-hybridized carbons (Fsp3) is 0.667. The van der Waals surface area contributed by atoms with Gasteiger partial charge in [0.2, 0.25) is 0 Å². The summed E-state index contributed by atoms with van der Waals surface area (Å²) in [4.78, 5) is 12.4. The highest BCUT2D eigenvalue weighted by Gasteiger charge is 2.37. The number of hydrogen-bond acceptors (Lipinski definition) is 2. The Labute approximate surface area is 151 Å². The van der Waals surface area contributed by atoms with E-state index in [1.54, 1.807) is 0 Å². The first-order valence-corrected chi connectivity index (χ1v) is 9.98. The highest BCUT2D eigenvalue weighted by molar-refractivity contribution is 5.74. The minimum absolute atomic E-state index is 0.0451. The average molecular weight is 341 g/mol. The third kappa shape index (κ3) is 3.69. The molecule has 0 spiro atoms. The number of urea groups is 1. The second-order valence-electron chi connectivity index (χ2n) is 8.60. The average Bonchev–Trinajstić information content (AvgIpc) is 3.03. The highest BCUT2D eigenvalue weighted by atomic mass is 16.2. The molecule has 3 fully saturated rings. The van der Waals surface area contributed by atoms with Crippen LogP contribution in [-0.2, 0) is 5.41 Å². The van der Waals surface area contributed by atoms with E-state index < -0.39 is 0 Å². The van der Waals surface area contributed by atoms with Crippen molar-refractivity contribution in [3.63, 3.8) is 0 Å². The zero-order valence-electron chi connectivity index (χ0n) is 15.3. The van der Waals surface area contributed by atoms with Gasteiger partial charge in [-0.15, -0.1) is 0 Å². The van der Waals surface area contributed by atoms with Crippen LogP contribution in [-0.4, -0.2) is 30.7 Å². The van der Waals surface area contributed by atoms with Crippen molar-refractivity contribution in [2.75, 3.05) is 6.54 Å². The van der Waals surface area contributed by atoms with Gasteiger partial charge in [-0.3, -0.25) is 0 Å². The summed E-state index contributed by atoms with van der Waals surface area (Å²) in [6.07, 6.45) is 7.95. The zero-order valence-corrected chi connectivity index (χ0v) is 15.3. The third-order valence-electron chi connectivity index (χ3n) is 6.86. The molecule has 2 saturated carbocycles. The largest absolute Gasteiger partial charge is 0.335 e. The standard InChI is InChI=1S/C21H31N3O/c1-21(16-5-3-2-4-6-16)11-9-17(10-12-21)23-20(25)24-19-8-7-18-13-15(19)14-22-18/h2-6,15,17-19,22H,7-14H2,1H3,(H2,23,24,25). The highest BCUT2D eigenvalue weighted by Crippen LogP contribution is 2.39. The first kappa shape index (κ1) is 16.9. The summed E-state index contributed by atoms with van der Waals surface area (Å²) in [5.74, 6) is 0.622. The van der Waals surface area contributed by atoms with E-state index in [0.717, 1.165) is 38.6 Å². The maximum atomic E-state index is 12.4. The summed E-state index contributed by atoms with van der Waals surface area (Å²) < 4.78 is 0. The molecule has 1 heterocycles. The van der Waals surface area contributed by atoms with E-state index >= 15 is 0 Å². The normalized spacial score (nSPS) is 37.5. The SMILES string of the molecule is CC1(c2ccccc2)CCC(NC(=O)NC2CCC3CC2CN3)CC1. The lowest BCUT2D eigenvalue weighted by atomic mass is 9.70. The number of amides is 2. The Balaban J connectivity index is 1.26. The van der Waals surface area contributed by atoms with Crippen LogP contribution < -0.4 is 16.0 Å². The van der Waals surface area contributed by atoms with Gasteiger partial charge in [0.1, 0.15) is 0 Å². The minimum atomic E-state index is 0.0451. The van der Waals surface area contributed by atoms with E-state index in [4.69, 9.17) is 0 Å². The lowest BCUT2D eigenvalue weighted by Crippen LogP contribution is -2.51. The summed E-state index contributed by atoms with van der Waals surface area (Å²) in [6, 6.07) is 12.2. The Morgan fingerprint density at radius 1 is 1.08 bits per heavy atom. The Morgan fingerprint density at radius 3 is 2.60 bits per heavy atom. The molecule has 0 radical (unpaired) electrons. The van der Waals surface area contributed by atoms with Crippen molar-refractivity contribution in [3.05, 3.63) is 35.9 Å². The van der Waals surface area contributed by atoms with Crippen molar-refractivity contribution in [2.45, 2.75) is 75.4 Å². The van der Waals surface area contributed by atoms with Gasteiger partial charge < -0.3 is 16.0 Å². The second kappa shape index (κ2) is 6.99. The molecule has 2 amide bonds. The van der Waals surface area contributed by atoms with Crippen LogP contribution in [0.3, 0.4) is 0 Å². The number of fused-ring (bicyclic) bond motifs is 2. The number of carbonyl (C=O) groups is 1. The van der Waals surface area contributed by atoms with Crippen molar-refractivity contribution in [3.8, 4) is 0 Å².